The number of nitrogens with zero attached hydrogens (tertiary/aromatic N) is 1. The molecule has 0 fully saturated rings. The van der Waals surface area contributed by atoms with Crippen LogP contribution in [0, 0.1) is 0 Å². The first-order chi connectivity index (χ1) is 7.71. The molecule has 0 spiro atoms. The summed E-state index contributed by atoms with van der Waals surface area (Å²) in [6.07, 6.45) is -4.86. The molecule has 1 aromatic rings. The number of rotatable bonds is 3. The molecule has 0 aliphatic rings. The molecular formula is C9H6Cl2F3NO2. The Morgan fingerprint density at radius 2 is 2.06 bits per heavy atom. The molecule has 17 heavy (non-hydrogen) atoms. The molecule has 1 heterocycles. The Morgan fingerprint density at radius 1 is 1.47 bits per heavy atom. The lowest BCUT2D eigenvalue weighted by atomic mass is 9.96. The van der Waals surface area contributed by atoms with E-state index in [-0.39, 0.29) is 15.7 Å². The van der Waals surface area contributed by atoms with Crippen LogP contribution in [0.15, 0.2) is 12.3 Å². The average molecular weight is 288 g/mol. The maximum absolute atomic E-state index is 12.7. The summed E-state index contributed by atoms with van der Waals surface area (Å²) in [7, 11) is 0. The lowest BCUT2D eigenvalue weighted by Crippen LogP contribution is -2.24. The molecule has 0 aliphatic heterocycles. The Labute approximate surface area is 104 Å². The van der Waals surface area contributed by atoms with Gasteiger partial charge in [-0.3, -0.25) is 4.79 Å². The van der Waals surface area contributed by atoms with Crippen molar-refractivity contribution in [1.82, 2.24) is 4.98 Å². The summed E-state index contributed by atoms with van der Waals surface area (Å²) < 4.78 is 38.1. The summed E-state index contributed by atoms with van der Waals surface area (Å²) in [6.45, 7) is 0. The van der Waals surface area contributed by atoms with Gasteiger partial charge in [0.2, 0.25) is 0 Å². The van der Waals surface area contributed by atoms with Crippen LogP contribution < -0.4 is 0 Å². The molecular weight excluding hydrogens is 282 g/mol. The predicted octanol–water partition coefficient (Wildman–Crippen LogP) is 3.51. The molecule has 0 radical (unpaired) electrons. The van der Waals surface area contributed by atoms with E-state index in [9.17, 15) is 18.0 Å². The molecule has 1 aromatic heterocycles. The molecule has 94 valence electrons. The molecule has 1 N–H and O–H groups in total. The van der Waals surface area contributed by atoms with E-state index in [1.165, 1.54) is 0 Å². The molecule has 0 aliphatic carbocycles. The Balaban J connectivity index is 3.21. The largest absolute Gasteiger partial charge is 0.481 e. The summed E-state index contributed by atoms with van der Waals surface area (Å²) in [4.78, 5) is 13.9. The van der Waals surface area contributed by atoms with Gasteiger partial charge in [0.15, 0.2) is 0 Å². The van der Waals surface area contributed by atoms with Gasteiger partial charge < -0.3 is 5.11 Å². The summed E-state index contributed by atoms with van der Waals surface area (Å²) in [6, 6.07) is 0.922. The number of aromatic nitrogens is 1. The quantitative estimate of drug-likeness (QED) is 0.866. The number of aliphatic carboxylic acids is 1. The third-order valence-electron chi connectivity index (χ3n) is 2.00. The highest BCUT2D eigenvalue weighted by molar-refractivity contribution is 6.32. The topological polar surface area (TPSA) is 50.2 Å². The first-order valence-corrected chi connectivity index (χ1v) is 5.07. The molecule has 0 bridgehead atoms. The standard InChI is InChI=1S/C9H6Cl2F3NO2/c10-6-3-15-7(11)1-4(6)5(2-8(16)17)9(12,13)14/h1,3,5H,2H2,(H,16,17). The Hall–Kier alpha value is -1.01. The van der Waals surface area contributed by atoms with Gasteiger partial charge in [0.05, 0.1) is 17.4 Å². The van der Waals surface area contributed by atoms with Crippen molar-refractivity contribution in [3.05, 3.63) is 28.0 Å². The van der Waals surface area contributed by atoms with Gasteiger partial charge in [-0.1, -0.05) is 23.2 Å². The number of hydrogen-bond acceptors (Lipinski definition) is 2. The number of carboxylic acid groups (broad SMARTS) is 1. The van der Waals surface area contributed by atoms with Gasteiger partial charge >= 0.3 is 12.1 Å². The van der Waals surface area contributed by atoms with Crippen molar-refractivity contribution in [1.29, 1.82) is 0 Å². The highest BCUT2D eigenvalue weighted by Crippen LogP contribution is 2.40. The number of halogens is 5. The van der Waals surface area contributed by atoms with Gasteiger partial charge in [0.1, 0.15) is 5.15 Å². The van der Waals surface area contributed by atoms with Crippen LogP contribution >= 0.6 is 23.2 Å². The van der Waals surface area contributed by atoms with Gasteiger partial charge in [0.25, 0.3) is 0 Å². The van der Waals surface area contributed by atoms with E-state index in [2.05, 4.69) is 4.98 Å². The van der Waals surface area contributed by atoms with Crippen molar-refractivity contribution in [3.8, 4) is 0 Å². The lowest BCUT2D eigenvalue weighted by molar-refractivity contribution is -0.163. The molecule has 1 rings (SSSR count). The molecule has 3 nitrogen and oxygen atoms in total. The second-order valence-electron chi connectivity index (χ2n) is 3.22. The zero-order valence-electron chi connectivity index (χ0n) is 8.13. The fraction of sp³-hybridized carbons (Fsp3) is 0.333. The van der Waals surface area contributed by atoms with Crippen LogP contribution in [0.2, 0.25) is 10.2 Å². The van der Waals surface area contributed by atoms with Crippen LogP contribution in [-0.2, 0) is 4.79 Å². The van der Waals surface area contributed by atoms with Crippen molar-refractivity contribution in [2.24, 2.45) is 0 Å². The van der Waals surface area contributed by atoms with E-state index >= 15 is 0 Å². The molecule has 0 aromatic carbocycles. The number of hydrogen-bond donors (Lipinski definition) is 1. The Bertz CT molecular complexity index is 437. The number of carbonyl (C=O) groups is 1. The van der Waals surface area contributed by atoms with E-state index in [0.29, 0.717) is 0 Å². The van der Waals surface area contributed by atoms with Crippen LogP contribution in [-0.4, -0.2) is 22.2 Å². The fourth-order valence-electron chi connectivity index (χ4n) is 1.27. The monoisotopic (exact) mass is 287 g/mol. The number of carboxylic acids is 1. The van der Waals surface area contributed by atoms with Crippen molar-refractivity contribution in [3.63, 3.8) is 0 Å². The molecule has 0 saturated carbocycles. The van der Waals surface area contributed by atoms with Crippen molar-refractivity contribution in [2.75, 3.05) is 0 Å². The van der Waals surface area contributed by atoms with E-state index in [1.807, 2.05) is 0 Å². The fourth-order valence-corrected chi connectivity index (χ4v) is 1.67. The second-order valence-corrected chi connectivity index (χ2v) is 4.02. The molecule has 0 saturated heterocycles. The third-order valence-corrected chi connectivity index (χ3v) is 2.52. The van der Waals surface area contributed by atoms with Crippen LogP contribution in [0.5, 0.6) is 0 Å². The number of pyridine rings is 1. The van der Waals surface area contributed by atoms with Crippen molar-refractivity contribution in [2.45, 2.75) is 18.5 Å². The van der Waals surface area contributed by atoms with Gasteiger partial charge in [0, 0.05) is 6.20 Å². The smallest absolute Gasteiger partial charge is 0.396 e. The maximum atomic E-state index is 12.7. The first kappa shape index (κ1) is 14.1. The minimum absolute atomic E-state index is 0.177. The zero-order chi connectivity index (χ0) is 13.2. The maximum Gasteiger partial charge on any atom is 0.396 e. The van der Waals surface area contributed by atoms with Gasteiger partial charge in [-0.25, -0.2) is 4.98 Å². The van der Waals surface area contributed by atoms with Crippen molar-refractivity contribution < 1.29 is 23.1 Å². The minimum Gasteiger partial charge on any atom is -0.481 e. The molecule has 8 heteroatoms. The normalized spacial score (nSPS) is 13.5. The second kappa shape index (κ2) is 5.10. The Kier molecular flexibility index (Phi) is 4.21. The Morgan fingerprint density at radius 3 is 2.53 bits per heavy atom. The SMILES string of the molecule is O=C(O)CC(c1cc(Cl)ncc1Cl)C(F)(F)F. The molecule has 1 atom stereocenters. The zero-order valence-corrected chi connectivity index (χ0v) is 9.64. The van der Waals surface area contributed by atoms with Gasteiger partial charge in [-0.05, 0) is 11.6 Å². The summed E-state index contributed by atoms with van der Waals surface area (Å²) in [5.41, 5.74) is -0.387. The van der Waals surface area contributed by atoms with Crippen LogP contribution in [0.4, 0.5) is 13.2 Å². The van der Waals surface area contributed by atoms with Gasteiger partial charge in [-0.2, -0.15) is 13.2 Å². The molecule has 1 unspecified atom stereocenters. The predicted molar refractivity (Wildman–Crippen MR) is 55.3 cm³/mol. The van der Waals surface area contributed by atoms with Gasteiger partial charge in [-0.15, -0.1) is 0 Å². The van der Waals surface area contributed by atoms with E-state index < -0.39 is 24.5 Å². The van der Waals surface area contributed by atoms with E-state index in [1.54, 1.807) is 0 Å². The van der Waals surface area contributed by atoms with Crippen LogP contribution in [0.25, 0.3) is 0 Å². The average Bonchev–Trinajstić information content (AvgIpc) is 2.16. The highest BCUT2D eigenvalue weighted by Gasteiger charge is 2.43. The first-order valence-electron chi connectivity index (χ1n) is 4.31. The van der Waals surface area contributed by atoms with E-state index in [0.717, 1.165) is 12.3 Å². The van der Waals surface area contributed by atoms with Crippen molar-refractivity contribution >= 4 is 29.2 Å². The van der Waals surface area contributed by atoms with E-state index in [4.69, 9.17) is 28.3 Å². The highest BCUT2D eigenvalue weighted by atomic mass is 35.5. The summed E-state index contributed by atoms with van der Waals surface area (Å²) >= 11 is 11.0. The lowest BCUT2D eigenvalue weighted by Gasteiger charge is -2.19. The van der Waals surface area contributed by atoms with Crippen LogP contribution in [0.1, 0.15) is 17.9 Å². The number of alkyl halides is 3. The summed E-state index contributed by atoms with van der Waals surface area (Å²) in [5.74, 6) is -3.77. The molecule has 0 amide bonds. The minimum atomic E-state index is -4.72. The summed E-state index contributed by atoms with van der Waals surface area (Å²) in [5, 5.41) is 8.03. The van der Waals surface area contributed by atoms with Crippen LogP contribution in [0.3, 0.4) is 0 Å². The third kappa shape index (κ3) is 3.74.